The van der Waals surface area contributed by atoms with E-state index in [9.17, 15) is 4.79 Å². The molecule has 0 amide bonds. The Morgan fingerprint density at radius 3 is 2.52 bits per heavy atom. The van der Waals surface area contributed by atoms with Gasteiger partial charge >= 0.3 is 0 Å². The van der Waals surface area contributed by atoms with Gasteiger partial charge in [-0.3, -0.25) is 9.78 Å². The van der Waals surface area contributed by atoms with Crippen LogP contribution in [-0.4, -0.2) is 31.0 Å². The molecule has 2 N–H and O–H groups in total. The molecule has 0 aliphatic heterocycles. The van der Waals surface area contributed by atoms with Gasteiger partial charge in [0.15, 0.2) is 5.78 Å². The average Bonchev–Trinajstić information content (AvgIpc) is 2.82. The number of benzene rings is 2. The zero-order valence-electron chi connectivity index (χ0n) is 17.3. The number of nitriles is 1. The third-order valence-corrected chi connectivity index (χ3v) is 4.71. The maximum Gasteiger partial charge on any atom is 0.282 e. The van der Waals surface area contributed by atoms with Crippen molar-refractivity contribution in [1.82, 2.24) is 4.98 Å². The van der Waals surface area contributed by atoms with Crippen molar-refractivity contribution >= 4 is 11.8 Å². The molecule has 3 rings (SSSR count). The Morgan fingerprint density at radius 1 is 1.13 bits per heavy atom. The summed E-state index contributed by atoms with van der Waals surface area (Å²) < 4.78 is 10.3. The van der Waals surface area contributed by atoms with E-state index in [-0.39, 0.29) is 18.2 Å². The summed E-state index contributed by atoms with van der Waals surface area (Å²) in [5, 5.41) is 8.88. The van der Waals surface area contributed by atoms with Gasteiger partial charge in [-0.2, -0.15) is 5.26 Å². The summed E-state index contributed by atoms with van der Waals surface area (Å²) in [5.74, 6) is 0.600. The molecule has 7 heteroatoms. The molecule has 1 atom stereocenters. The van der Waals surface area contributed by atoms with Crippen LogP contribution in [0.1, 0.15) is 38.8 Å². The fraction of sp³-hybridized carbons (Fsp3) is 0.167. The van der Waals surface area contributed by atoms with Crippen molar-refractivity contribution in [3.8, 4) is 11.8 Å². The fourth-order valence-corrected chi connectivity index (χ4v) is 3.08. The molecule has 3 aromatic rings. The van der Waals surface area contributed by atoms with Crippen molar-refractivity contribution in [2.75, 3.05) is 14.2 Å². The molecule has 1 unspecified atom stereocenters. The molecular formula is C24H22N4O3. The number of nitrogens with zero attached hydrogens (tertiary/aromatic N) is 3. The smallest absolute Gasteiger partial charge is 0.282 e. The molecule has 0 radical (unpaired) electrons. The second-order valence-electron chi connectivity index (χ2n) is 6.74. The number of pyridine rings is 1. The number of ketones is 1. The van der Waals surface area contributed by atoms with Crippen LogP contribution in [0, 0.1) is 11.3 Å². The minimum absolute atomic E-state index is 0.0593. The Bertz CT molecular complexity index is 1120. The Morgan fingerprint density at radius 2 is 1.90 bits per heavy atom. The van der Waals surface area contributed by atoms with Crippen molar-refractivity contribution < 1.29 is 14.3 Å². The number of hydrogen-bond acceptors (Lipinski definition) is 6. The van der Waals surface area contributed by atoms with Crippen LogP contribution in [0.15, 0.2) is 71.9 Å². The molecule has 156 valence electrons. The van der Waals surface area contributed by atoms with Crippen molar-refractivity contribution in [3.63, 3.8) is 0 Å². The first-order valence-electron chi connectivity index (χ1n) is 9.53. The third kappa shape index (κ3) is 5.46. The van der Waals surface area contributed by atoms with Gasteiger partial charge in [0, 0.05) is 12.6 Å². The first kappa shape index (κ1) is 21.5. The minimum atomic E-state index is -0.408. The summed E-state index contributed by atoms with van der Waals surface area (Å²) >= 11 is 0. The number of methoxy groups -OCH3 is 2. The lowest BCUT2D eigenvalue weighted by Crippen LogP contribution is -2.16. The van der Waals surface area contributed by atoms with E-state index in [4.69, 9.17) is 20.5 Å². The van der Waals surface area contributed by atoms with Crippen molar-refractivity contribution in [1.29, 1.82) is 5.26 Å². The predicted molar refractivity (Wildman–Crippen MR) is 117 cm³/mol. The molecule has 0 aliphatic carbocycles. The topological polar surface area (TPSA) is 111 Å². The van der Waals surface area contributed by atoms with Crippen LogP contribution in [0.3, 0.4) is 0 Å². The Hall–Kier alpha value is -4.18. The van der Waals surface area contributed by atoms with Gasteiger partial charge in [-0.25, -0.2) is 4.99 Å². The van der Waals surface area contributed by atoms with Gasteiger partial charge in [0.2, 0.25) is 0 Å². The number of carbonyl (C=O) groups is 1. The second kappa shape index (κ2) is 10.0. The van der Waals surface area contributed by atoms with E-state index in [0.717, 1.165) is 22.4 Å². The van der Waals surface area contributed by atoms with Crippen LogP contribution in [0.5, 0.6) is 5.75 Å². The van der Waals surface area contributed by atoms with Crippen molar-refractivity contribution in [3.05, 3.63) is 94.8 Å². The summed E-state index contributed by atoms with van der Waals surface area (Å²) in [5.41, 5.74) is 9.15. The number of ether oxygens (including phenoxy) is 2. The van der Waals surface area contributed by atoms with E-state index in [2.05, 4.69) is 9.98 Å². The monoisotopic (exact) mass is 414 g/mol. The fourth-order valence-electron chi connectivity index (χ4n) is 3.08. The molecule has 1 aromatic heterocycles. The lowest BCUT2D eigenvalue weighted by atomic mass is 9.96. The predicted octanol–water partition coefficient (Wildman–Crippen LogP) is 3.44. The van der Waals surface area contributed by atoms with E-state index in [0.29, 0.717) is 11.3 Å². The highest BCUT2D eigenvalue weighted by atomic mass is 16.5. The van der Waals surface area contributed by atoms with Crippen molar-refractivity contribution in [2.24, 2.45) is 10.7 Å². The number of aliphatic imine (C=N–C) groups is 1. The normalized spacial score (nSPS) is 12.0. The lowest BCUT2D eigenvalue weighted by Gasteiger charge is -2.16. The molecule has 7 nitrogen and oxygen atoms in total. The number of carbonyl (C=O) groups excluding carboxylic acids is 1. The summed E-state index contributed by atoms with van der Waals surface area (Å²) in [6.45, 7) is 0. The van der Waals surface area contributed by atoms with Crippen LogP contribution in [0.2, 0.25) is 0 Å². The summed E-state index contributed by atoms with van der Waals surface area (Å²) in [4.78, 5) is 21.2. The van der Waals surface area contributed by atoms with Gasteiger partial charge in [0.25, 0.3) is 6.02 Å². The quantitative estimate of drug-likeness (QED) is 0.360. The molecule has 1 heterocycles. The number of Topliss-reactive ketones (excluding diaryl/α,β-unsaturated/α-hetero) is 1. The maximum atomic E-state index is 12.6. The van der Waals surface area contributed by atoms with E-state index < -0.39 is 6.04 Å². The third-order valence-electron chi connectivity index (χ3n) is 4.71. The van der Waals surface area contributed by atoms with Gasteiger partial charge in [0.05, 0.1) is 19.8 Å². The molecule has 2 aromatic carbocycles. The van der Waals surface area contributed by atoms with E-state index in [1.54, 1.807) is 19.2 Å². The Balaban J connectivity index is 1.89. The van der Waals surface area contributed by atoms with Crippen LogP contribution in [0.4, 0.5) is 0 Å². The molecular weight excluding hydrogens is 392 g/mol. The maximum absolute atomic E-state index is 12.6. The highest BCUT2D eigenvalue weighted by molar-refractivity contribution is 5.95. The summed E-state index contributed by atoms with van der Waals surface area (Å²) in [7, 11) is 3.07. The summed E-state index contributed by atoms with van der Waals surface area (Å²) in [6, 6.07) is 19.9. The lowest BCUT2D eigenvalue weighted by molar-refractivity contribution is 0.0988. The van der Waals surface area contributed by atoms with E-state index in [1.165, 1.54) is 13.3 Å². The number of hydrogen-bond donors (Lipinski definition) is 1. The zero-order valence-corrected chi connectivity index (χ0v) is 17.3. The Kier molecular flexibility index (Phi) is 6.97. The molecule has 0 saturated carbocycles. The number of aromatic nitrogens is 1. The first-order chi connectivity index (χ1) is 15.0. The zero-order chi connectivity index (χ0) is 22.2. The van der Waals surface area contributed by atoms with Crippen molar-refractivity contribution in [2.45, 2.75) is 12.5 Å². The molecule has 0 spiro atoms. The minimum Gasteiger partial charge on any atom is -0.497 e. The molecule has 31 heavy (non-hydrogen) atoms. The second-order valence-corrected chi connectivity index (χ2v) is 6.74. The van der Waals surface area contributed by atoms with Crippen LogP contribution in [-0.2, 0) is 11.2 Å². The number of rotatable bonds is 7. The van der Waals surface area contributed by atoms with Crippen LogP contribution in [0.25, 0.3) is 0 Å². The van der Waals surface area contributed by atoms with Gasteiger partial charge in [-0.15, -0.1) is 0 Å². The van der Waals surface area contributed by atoms with Crippen LogP contribution >= 0.6 is 0 Å². The van der Waals surface area contributed by atoms with Crippen LogP contribution < -0.4 is 10.5 Å². The van der Waals surface area contributed by atoms with Gasteiger partial charge in [-0.1, -0.05) is 36.4 Å². The number of amidine groups is 1. The van der Waals surface area contributed by atoms with Gasteiger partial charge in [-0.05, 0) is 41.0 Å². The standard InChI is InChI=1S/C24H22N4O3/c1-30-20-9-7-18(8-10-20)23(28-24(26)31-2)19-5-3-4-16(12-19)13-22(29)21-11-6-17(14-25)15-27-21/h3-12,15,23H,13H2,1-2H3,(H2,26,28). The highest BCUT2D eigenvalue weighted by Gasteiger charge is 2.16. The molecule has 0 bridgehead atoms. The molecule has 0 aliphatic rings. The van der Waals surface area contributed by atoms with Gasteiger partial charge in [0.1, 0.15) is 23.6 Å². The number of nitrogens with two attached hydrogens (primary N) is 1. The molecule has 0 fully saturated rings. The van der Waals surface area contributed by atoms with E-state index in [1.807, 2.05) is 54.6 Å². The van der Waals surface area contributed by atoms with Gasteiger partial charge < -0.3 is 15.2 Å². The largest absolute Gasteiger partial charge is 0.497 e. The molecule has 0 saturated heterocycles. The summed E-state index contributed by atoms with van der Waals surface area (Å²) in [6.07, 6.45) is 1.57. The average molecular weight is 414 g/mol. The Labute approximate surface area is 180 Å². The SMILES string of the molecule is COC(N)=NC(c1ccc(OC)cc1)c1cccc(CC(=O)c2ccc(C#N)cn2)c1. The first-order valence-corrected chi connectivity index (χ1v) is 9.53. The van der Waals surface area contributed by atoms with E-state index >= 15 is 0 Å². The highest BCUT2D eigenvalue weighted by Crippen LogP contribution is 2.28.